The number of aromatic nitrogens is 1. The number of likely N-dealkylation sites (N-methyl/N-ethyl adjacent to an activating group) is 1. The highest BCUT2D eigenvalue weighted by molar-refractivity contribution is 7.98. The number of hydrogen-bond acceptors (Lipinski definition) is 7. The second kappa shape index (κ2) is 11.2. The summed E-state index contributed by atoms with van der Waals surface area (Å²) >= 11 is 1.52. The summed E-state index contributed by atoms with van der Waals surface area (Å²) in [5.41, 5.74) is 4.08. The summed E-state index contributed by atoms with van der Waals surface area (Å²) in [5.74, 6) is 1.40. The quantitative estimate of drug-likeness (QED) is 0.419. The number of carbonyl (C=O) groups is 3. The molecular weight excluding hydrogens is 550 g/mol. The number of Topliss-reactive ketones (excluding diaryl/α,β-unsaturated/α-hetero) is 1. The monoisotopic (exact) mass is 589 g/mol. The molecule has 0 fully saturated rings. The van der Waals surface area contributed by atoms with Gasteiger partial charge in [-0.1, -0.05) is 33.8 Å². The first kappa shape index (κ1) is 29.9. The van der Waals surface area contributed by atoms with E-state index in [1.54, 1.807) is 25.1 Å². The molecule has 3 heterocycles. The van der Waals surface area contributed by atoms with E-state index >= 15 is 0 Å². The number of ketones is 1. The van der Waals surface area contributed by atoms with Crippen LogP contribution in [0.4, 0.5) is 0 Å². The summed E-state index contributed by atoms with van der Waals surface area (Å²) in [6.45, 7) is 10.3. The number of nitrogens with one attached hydrogen (secondary N) is 1. The zero-order valence-electron chi connectivity index (χ0n) is 25.6. The van der Waals surface area contributed by atoms with E-state index in [2.05, 4.69) is 38.0 Å². The Bertz CT molecular complexity index is 1540. The van der Waals surface area contributed by atoms with Gasteiger partial charge in [0, 0.05) is 36.6 Å². The molecule has 0 radical (unpaired) electrons. The van der Waals surface area contributed by atoms with Crippen LogP contribution in [0.3, 0.4) is 0 Å². The largest absolute Gasteiger partial charge is 0.496 e. The maximum atomic E-state index is 14.0. The molecule has 1 aliphatic carbocycles. The minimum atomic E-state index is -0.644. The second-order valence-corrected chi connectivity index (χ2v) is 13.3. The van der Waals surface area contributed by atoms with Crippen molar-refractivity contribution in [2.24, 2.45) is 11.3 Å². The Morgan fingerprint density at radius 1 is 1.19 bits per heavy atom. The molecule has 9 heteroatoms. The van der Waals surface area contributed by atoms with Gasteiger partial charge in [-0.3, -0.25) is 14.4 Å². The van der Waals surface area contributed by atoms with Crippen LogP contribution in [-0.4, -0.2) is 59.8 Å². The lowest BCUT2D eigenvalue weighted by Gasteiger charge is -2.39. The van der Waals surface area contributed by atoms with Crippen LogP contribution in [0.2, 0.25) is 0 Å². The third-order valence-corrected chi connectivity index (χ3v) is 8.87. The second-order valence-electron chi connectivity index (χ2n) is 12.4. The zero-order valence-corrected chi connectivity index (χ0v) is 26.4. The number of carbonyl (C=O) groups excluding carboxylic acids is 3. The number of allylic oxidation sites excluding steroid dienone is 2. The van der Waals surface area contributed by atoms with Crippen LogP contribution in [0.5, 0.6) is 5.75 Å². The normalized spacial score (nSPS) is 21.4. The Balaban J connectivity index is 1.74. The molecule has 1 aromatic heterocycles. The molecule has 42 heavy (non-hydrogen) atoms. The molecular formula is C33H39N3O5S. The number of benzene rings is 1. The molecule has 0 saturated heterocycles. The molecule has 5 rings (SSSR count). The van der Waals surface area contributed by atoms with Gasteiger partial charge in [0.05, 0.1) is 36.2 Å². The van der Waals surface area contributed by atoms with Gasteiger partial charge in [0.25, 0.3) is 11.8 Å². The van der Waals surface area contributed by atoms with Crippen molar-refractivity contribution in [1.29, 1.82) is 0 Å². The van der Waals surface area contributed by atoms with Gasteiger partial charge in [-0.05, 0) is 54.3 Å². The Hall–Kier alpha value is -3.59. The molecule has 1 aromatic carbocycles. The topological polar surface area (TPSA) is 97.8 Å². The Kier molecular flexibility index (Phi) is 8.00. The number of pyridine rings is 1. The number of nitrogens with zero attached hydrogens (tertiary/aromatic N) is 2. The molecule has 0 bridgehead atoms. The van der Waals surface area contributed by atoms with Crippen molar-refractivity contribution in [3.05, 3.63) is 69.8 Å². The van der Waals surface area contributed by atoms with Gasteiger partial charge in [-0.15, -0.1) is 11.8 Å². The number of methoxy groups -OCH3 is 1. The smallest absolute Gasteiger partial charge is 0.270 e. The van der Waals surface area contributed by atoms with E-state index in [9.17, 15) is 14.4 Å². The number of thioether (sulfide) groups is 1. The number of hydrogen-bond donors (Lipinski definition) is 1. The lowest BCUT2D eigenvalue weighted by atomic mass is 9.68. The fourth-order valence-electron chi connectivity index (χ4n) is 6.60. The number of ether oxygens (including phenoxy) is 2. The first-order valence-electron chi connectivity index (χ1n) is 14.3. The molecule has 2 aliphatic heterocycles. The lowest BCUT2D eigenvalue weighted by molar-refractivity contribution is -0.126. The molecule has 0 unspecified atom stereocenters. The van der Waals surface area contributed by atoms with Crippen LogP contribution in [-0.2, 0) is 14.3 Å². The van der Waals surface area contributed by atoms with Gasteiger partial charge in [0.2, 0.25) is 0 Å². The molecule has 2 atom stereocenters. The minimum Gasteiger partial charge on any atom is -0.496 e. The van der Waals surface area contributed by atoms with Crippen molar-refractivity contribution in [3.8, 4) is 17.0 Å². The average molecular weight is 590 g/mol. The molecule has 0 saturated carbocycles. The van der Waals surface area contributed by atoms with Crippen molar-refractivity contribution in [2.45, 2.75) is 59.4 Å². The standard InChI is InChI=1S/C33H39N3O5S/c1-17(2)29-30-28(32(39)36(29)6)27(26-22(37)14-33(4,5)15-24(26)41-30)25-18(3)19(12-13-23(25)40-7)20-10-9-11-21(35-20)31(38)34-16-42-8/h9-13,17,27,29H,14-16H2,1-8H3,(H,34,38)/t27-,29+/m0/s1. The number of rotatable bonds is 7. The highest BCUT2D eigenvalue weighted by Crippen LogP contribution is 2.55. The lowest BCUT2D eigenvalue weighted by Crippen LogP contribution is -2.36. The van der Waals surface area contributed by atoms with E-state index in [1.807, 2.05) is 37.4 Å². The van der Waals surface area contributed by atoms with E-state index < -0.39 is 5.92 Å². The van der Waals surface area contributed by atoms with E-state index in [0.29, 0.717) is 58.5 Å². The third kappa shape index (κ3) is 5.02. The predicted molar refractivity (Wildman–Crippen MR) is 164 cm³/mol. The Morgan fingerprint density at radius 2 is 1.93 bits per heavy atom. The summed E-state index contributed by atoms with van der Waals surface area (Å²) < 4.78 is 12.5. The summed E-state index contributed by atoms with van der Waals surface area (Å²) in [7, 11) is 3.40. The Labute approximate surface area is 251 Å². The van der Waals surface area contributed by atoms with Crippen LogP contribution in [0.25, 0.3) is 11.3 Å². The minimum absolute atomic E-state index is 0.0151. The third-order valence-electron chi connectivity index (χ3n) is 8.44. The van der Waals surface area contributed by atoms with E-state index in [1.165, 1.54) is 11.8 Å². The maximum Gasteiger partial charge on any atom is 0.270 e. The average Bonchev–Trinajstić information content (AvgIpc) is 3.19. The van der Waals surface area contributed by atoms with Crippen LogP contribution in [0, 0.1) is 18.3 Å². The highest BCUT2D eigenvalue weighted by Gasteiger charge is 2.52. The van der Waals surface area contributed by atoms with Gasteiger partial charge in [0.1, 0.15) is 23.0 Å². The van der Waals surface area contributed by atoms with Crippen LogP contribution in [0.15, 0.2) is 53.0 Å². The van der Waals surface area contributed by atoms with Crippen LogP contribution < -0.4 is 10.1 Å². The van der Waals surface area contributed by atoms with Crippen molar-refractivity contribution >= 4 is 29.4 Å². The van der Waals surface area contributed by atoms with Crippen LogP contribution >= 0.6 is 11.8 Å². The zero-order chi connectivity index (χ0) is 30.5. The van der Waals surface area contributed by atoms with Gasteiger partial charge in [0.15, 0.2) is 5.78 Å². The van der Waals surface area contributed by atoms with Gasteiger partial charge in [-0.2, -0.15) is 0 Å². The first-order chi connectivity index (χ1) is 19.9. The van der Waals surface area contributed by atoms with Crippen molar-refractivity contribution < 1.29 is 23.9 Å². The predicted octanol–water partition coefficient (Wildman–Crippen LogP) is 5.62. The number of amides is 2. The molecule has 1 N–H and O–H groups in total. The molecule has 8 nitrogen and oxygen atoms in total. The highest BCUT2D eigenvalue weighted by atomic mass is 32.2. The van der Waals surface area contributed by atoms with Crippen molar-refractivity contribution in [2.75, 3.05) is 26.3 Å². The van der Waals surface area contributed by atoms with Gasteiger partial charge >= 0.3 is 0 Å². The van der Waals surface area contributed by atoms with Crippen molar-refractivity contribution in [3.63, 3.8) is 0 Å². The maximum absolute atomic E-state index is 14.0. The molecule has 0 spiro atoms. The molecule has 3 aliphatic rings. The fraction of sp³-hybridized carbons (Fsp3) is 0.455. The Morgan fingerprint density at radius 3 is 2.60 bits per heavy atom. The fourth-order valence-corrected chi connectivity index (χ4v) is 6.88. The summed E-state index contributed by atoms with van der Waals surface area (Å²) in [6.07, 6.45) is 2.88. The summed E-state index contributed by atoms with van der Waals surface area (Å²) in [6, 6.07) is 8.89. The van der Waals surface area contributed by atoms with E-state index in [0.717, 1.165) is 16.7 Å². The molecule has 2 amide bonds. The first-order valence-corrected chi connectivity index (χ1v) is 15.7. The SMILES string of the molecule is COc1ccc(-c2cccc(C(=O)NCSC)n2)c(C)c1[C@H]1C2=C(CC(C)(C)CC2=O)OC2=C1C(=O)N(C)[C@@H]2C(C)C. The van der Waals surface area contributed by atoms with E-state index in [-0.39, 0.29) is 35.0 Å². The molecule has 2 aromatic rings. The van der Waals surface area contributed by atoms with Crippen LogP contribution in [0.1, 0.15) is 68.1 Å². The van der Waals surface area contributed by atoms with Gasteiger partial charge < -0.3 is 19.7 Å². The van der Waals surface area contributed by atoms with Crippen molar-refractivity contribution in [1.82, 2.24) is 15.2 Å². The summed E-state index contributed by atoms with van der Waals surface area (Å²) in [5, 5.41) is 2.85. The molecule has 222 valence electrons. The van der Waals surface area contributed by atoms with Gasteiger partial charge in [-0.25, -0.2) is 4.98 Å². The summed E-state index contributed by atoms with van der Waals surface area (Å²) in [4.78, 5) is 47.0. The van der Waals surface area contributed by atoms with E-state index in [4.69, 9.17) is 9.47 Å².